The van der Waals surface area contributed by atoms with Crippen molar-refractivity contribution in [3.05, 3.63) is 58.6 Å². The summed E-state index contributed by atoms with van der Waals surface area (Å²) in [7, 11) is 0. The molecule has 0 aliphatic rings. The number of anilines is 2. The Morgan fingerprint density at radius 2 is 1.88 bits per heavy atom. The normalized spacial score (nSPS) is 11.6. The number of esters is 1. The van der Waals surface area contributed by atoms with Crippen LogP contribution in [0.15, 0.2) is 42.5 Å². The summed E-state index contributed by atoms with van der Waals surface area (Å²) < 4.78 is 5.16. The van der Waals surface area contributed by atoms with Crippen molar-refractivity contribution in [1.82, 2.24) is 0 Å². The van der Waals surface area contributed by atoms with Crippen LogP contribution in [0, 0.1) is 0 Å². The van der Waals surface area contributed by atoms with E-state index in [9.17, 15) is 9.59 Å². The van der Waals surface area contributed by atoms with Gasteiger partial charge < -0.3 is 15.8 Å². The number of amides is 1. The van der Waals surface area contributed by atoms with Crippen LogP contribution in [-0.2, 0) is 16.0 Å². The Bertz CT molecular complexity index is 744. The number of nitrogens with one attached hydrogen (secondary N) is 1. The van der Waals surface area contributed by atoms with Crippen molar-refractivity contribution in [1.29, 1.82) is 0 Å². The van der Waals surface area contributed by atoms with E-state index in [1.165, 1.54) is 30.7 Å². The largest absolute Gasteiger partial charge is 0.449 e. The SMILES string of the molecule is CCc1ccc(NC(=O)[C@H](C)OC(=O)c2ccc(Cl)c(N)c2)cc1. The molecule has 0 saturated heterocycles. The molecule has 0 bridgehead atoms. The van der Waals surface area contributed by atoms with Gasteiger partial charge in [-0.2, -0.15) is 0 Å². The van der Waals surface area contributed by atoms with Crippen molar-refractivity contribution in [2.24, 2.45) is 0 Å². The van der Waals surface area contributed by atoms with E-state index in [4.69, 9.17) is 22.1 Å². The molecule has 1 amide bonds. The van der Waals surface area contributed by atoms with Crippen LogP contribution < -0.4 is 11.1 Å². The van der Waals surface area contributed by atoms with Crippen molar-refractivity contribution in [2.75, 3.05) is 11.1 Å². The Kier molecular flexibility index (Phi) is 5.82. The summed E-state index contributed by atoms with van der Waals surface area (Å²) in [4.78, 5) is 24.2. The second kappa shape index (κ2) is 7.84. The van der Waals surface area contributed by atoms with Gasteiger partial charge in [0.05, 0.1) is 16.3 Å². The average molecular weight is 347 g/mol. The monoisotopic (exact) mass is 346 g/mol. The van der Waals surface area contributed by atoms with Crippen LogP contribution in [0.3, 0.4) is 0 Å². The zero-order chi connectivity index (χ0) is 17.7. The fourth-order valence-electron chi connectivity index (χ4n) is 2.02. The van der Waals surface area contributed by atoms with Crippen molar-refractivity contribution in [3.8, 4) is 0 Å². The summed E-state index contributed by atoms with van der Waals surface area (Å²) in [6.45, 7) is 3.56. The smallest absolute Gasteiger partial charge is 0.338 e. The molecule has 2 aromatic rings. The van der Waals surface area contributed by atoms with E-state index in [1.807, 2.05) is 24.3 Å². The molecule has 2 rings (SSSR count). The molecule has 0 heterocycles. The van der Waals surface area contributed by atoms with Crippen LogP contribution in [-0.4, -0.2) is 18.0 Å². The maximum absolute atomic E-state index is 12.1. The maximum atomic E-state index is 12.1. The van der Waals surface area contributed by atoms with Gasteiger partial charge in [0.1, 0.15) is 0 Å². The Morgan fingerprint density at radius 3 is 2.46 bits per heavy atom. The molecule has 0 fully saturated rings. The zero-order valence-electron chi connectivity index (χ0n) is 13.5. The van der Waals surface area contributed by atoms with E-state index in [1.54, 1.807) is 0 Å². The number of halogens is 1. The molecular formula is C18H19ClN2O3. The van der Waals surface area contributed by atoms with E-state index in [2.05, 4.69) is 12.2 Å². The van der Waals surface area contributed by atoms with Crippen molar-refractivity contribution in [2.45, 2.75) is 26.4 Å². The quantitative estimate of drug-likeness (QED) is 0.639. The lowest BCUT2D eigenvalue weighted by Crippen LogP contribution is -2.30. The average Bonchev–Trinajstić information content (AvgIpc) is 2.57. The van der Waals surface area contributed by atoms with E-state index in [-0.39, 0.29) is 11.3 Å². The molecule has 2 aromatic carbocycles. The van der Waals surface area contributed by atoms with Crippen LogP contribution in [0.1, 0.15) is 29.8 Å². The topological polar surface area (TPSA) is 81.4 Å². The summed E-state index contributed by atoms with van der Waals surface area (Å²) >= 11 is 5.81. The van der Waals surface area contributed by atoms with E-state index >= 15 is 0 Å². The predicted molar refractivity (Wildman–Crippen MR) is 95.2 cm³/mol. The zero-order valence-corrected chi connectivity index (χ0v) is 14.3. The highest BCUT2D eigenvalue weighted by atomic mass is 35.5. The lowest BCUT2D eigenvalue weighted by Gasteiger charge is -2.14. The van der Waals surface area contributed by atoms with Gasteiger partial charge in [0, 0.05) is 5.69 Å². The number of hydrogen-bond donors (Lipinski definition) is 2. The van der Waals surface area contributed by atoms with Gasteiger partial charge in [0.25, 0.3) is 5.91 Å². The molecule has 0 radical (unpaired) electrons. The number of aryl methyl sites for hydroxylation is 1. The highest BCUT2D eigenvalue weighted by Crippen LogP contribution is 2.20. The Labute approximate surface area is 145 Å². The summed E-state index contributed by atoms with van der Waals surface area (Å²) in [5, 5.41) is 3.06. The van der Waals surface area contributed by atoms with Gasteiger partial charge in [-0.3, -0.25) is 4.79 Å². The number of nitrogen functional groups attached to an aromatic ring is 1. The summed E-state index contributed by atoms with van der Waals surface area (Å²) in [5.41, 5.74) is 8.00. The third-order valence-electron chi connectivity index (χ3n) is 3.51. The fourth-order valence-corrected chi connectivity index (χ4v) is 2.14. The maximum Gasteiger partial charge on any atom is 0.338 e. The third-order valence-corrected chi connectivity index (χ3v) is 3.86. The van der Waals surface area contributed by atoms with Gasteiger partial charge in [-0.05, 0) is 49.2 Å². The minimum atomic E-state index is -0.944. The first-order chi connectivity index (χ1) is 11.4. The first kappa shape index (κ1) is 17.8. The van der Waals surface area contributed by atoms with Gasteiger partial charge >= 0.3 is 5.97 Å². The van der Waals surface area contributed by atoms with E-state index in [0.717, 1.165) is 6.42 Å². The van der Waals surface area contributed by atoms with Crippen LogP contribution >= 0.6 is 11.6 Å². The van der Waals surface area contributed by atoms with E-state index < -0.39 is 18.0 Å². The number of carbonyl (C=O) groups is 2. The molecular weight excluding hydrogens is 328 g/mol. The van der Waals surface area contributed by atoms with Crippen LogP contribution in [0.5, 0.6) is 0 Å². The molecule has 3 N–H and O–H groups in total. The first-order valence-electron chi connectivity index (χ1n) is 7.56. The second-order valence-corrected chi connectivity index (χ2v) is 5.73. The molecule has 0 spiro atoms. The van der Waals surface area contributed by atoms with Crippen LogP contribution in [0.4, 0.5) is 11.4 Å². The third kappa shape index (κ3) is 4.49. The molecule has 0 aromatic heterocycles. The molecule has 0 aliphatic carbocycles. The fraction of sp³-hybridized carbons (Fsp3) is 0.222. The standard InChI is InChI=1S/C18H19ClN2O3/c1-3-12-4-7-14(8-5-12)21-17(22)11(2)24-18(23)13-6-9-15(19)16(20)10-13/h4-11H,3,20H2,1-2H3,(H,21,22)/t11-/m0/s1. The van der Waals surface area contributed by atoms with Gasteiger partial charge in [-0.25, -0.2) is 4.79 Å². The van der Waals surface area contributed by atoms with Crippen LogP contribution in [0.2, 0.25) is 5.02 Å². The van der Waals surface area contributed by atoms with Gasteiger partial charge in [0.15, 0.2) is 6.10 Å². The minimum absolute atomic E-state index is 0.240. The van der Waals surface area contributed by atoms with E-state index in [0.29, 0.717) is 10.7 Å². The van der Waals surface area contributed by atoms with Crippen molar-refractivity contribution >= 4 is 34.9 Å². The number of benzene rings is 2. The van der Waals surface area contributed by atoms with Gasteiger partial charge in [0.2, 0.25) is 0 Å². The summed E-state index contributed by atoms with van der Waals surface area (Å²) in [6.07, 6.45) is -0.0211. The lowest BCUT2D eigenvalue weighted by molar-refractivity contribution is -0.123. The second-order valence-electron chi connectivity index (χ2n) is 5.32. The molecule has 0 unspecified atom stereocenters. The molecule has 6 heteroatoms. The molecule has 5 nitrogen and oxygen atoms in total. The van der Waals surface area contributed by atoms with Crippen molar-refractivity contribution < 1.29 is 14.3 Å². The molecule has 0 saturated carbocycles. The van der Waals surface area contributed by atoms with Crippen molar-refractivity contribution in [3.63, 3.8) is 0 Å². The Balaban J connectivity index is 1.97. The Hall–Kier alpha value is -2.53. The minimum Gasteiger partial charge on any atom is -0.449 e. The van der Waals surface area contributed by atoms with Gasteiger partial charge in [-0.15, -0.1) is 0 Å². The Morgan fingerprint density at radius 1 is 1.21 bits per heavy atom. The lowest BCUT2D eigenvalue weighted by atomic mass is 10.1. The molecule has 1 atom stereocenters. The predicted octanol–water partition coefficient (Wildman–Crippen LogP) is 3.67. The number of rotatable bonds is 5. The van der Waals surface area contributed by atoms with Gasteiger partial charge in [-0.1, -0.05) is 30.7 Å². The number of carbonyl (C=O) groups excluding carboxylic acids is 2. The summed E-state index contributed by atoms with van der Waals surface area (Å²) in [5.74, 6) is -1.04. The summed E-state index contributed by atoms with van der Waals surface area (Å²) in [6, 6.07) is 11.9. The number of hydrogen-bond acceptors (Lipinski definition) is 4. The molecule has 24 heavy (non-hydrogen) atoms. The van der Waals surface area contributed by atoms with Crippen LogP contribution in [0.25, 0.3) is 0 Å². The number of ether oxygens (including phenoxy) is 1. The molecule has 126 valence electrons. The first-order valence-corrected chi connectivity index (χ1v) is 7.94. The highest BCUT2D eigenvalue weighted by molar-refractivity contribution is 6.33. The number of nitrogens with two attached hydrogens (primary N) is 1. The molecule has 0 aliphatic heterocycles. The highest BCUT2D eigenvalue weighted by Gasteiger charge is 2.19.